The Morgan fingerprint density at radius 2 is 1.84 bits per heavy atom. The third-order valence-electron chi connectivity index (χ3n) is 4.71. The zero-order valence-electron chi connectivity index (χ0n) is 14.9. The number of carbonyl (C=O) groups excluding carboxylic acids is 2. The molecule has 1 aromatic heterocycles. The first-order valence-corrected chi connectivity index (χ1v) is 8.72. The molecule has 1 aliphatic rings. The minimum absolute atomic E-state index is 0.0899. The predicted molar refractivity (Wildman–Crippen MR) is 97.9 cm³/mol. The summed E-state index contributed by atoms with van der Waals surface area (Å²) >= 11 is 0. The fraction of sp³-hybridized carbons (Fsp3) is 0.350. The van der Waals surface area contributed by atoms with Crippen molar-refractivity contribution in [2.24, 2.45) is 0 Å². The van der Waals surface area contributed by atoms with Crippen LogP contribution in [-0.4, -0.2) is 40.8 Å². The van der Waals surface area contributed by atoms with Crippen LogP contribution in [0.25, 0.3) is 0 Å². The van der Waals surface area contributed by atoms with Crippen LogP contribution in [-0.2, 0) is 6.42 Å². The SMILES string of the molecule is CCN(CC)C(=O)c1cncc(C(=O)N2c3ccccc3CC2C)c1. The normalized spacial score (nSPS) is 15.8. The van der Waals surface area contributed by atoms with Gasteiger partial charge in [-0.2, -0.15) is 0 Å². The van der Waals surface area contributed by atoms with Crippen molar-refractivity contribution in [3.05, 3.63) is 59.4 Å². The van der Waals surface area contributed by atoms with Crippen molar-refractivity contribution < 1.29 is 9.59 Å². The minimum Gasteiger partial charge on any atom is -0.339 e. The second kappa shape index (κ2) is 7.05. The first-order valence-electron chi connectivity index (χ1n) is 8.72. The van der Waals surface area contributed by atoms with Crippen molar-refractivity contribution >= 4 is 17.5 Å². The Kier molecular flexibility index (Phi) is 4.83. The van der Waals surface area contributed by atoms with Gasteiger partial charge >= 0.3 is 0 Å². The summed E-state index contributed by atoms with van der Waals surface area (Å²) in [4.78, 5) is 33.3. The van der Waals surface area contributed by atoms with Crippen LogP contribution in [0.4, 0.5) is 5.69 Å². The molecular weight excluding hydrogens is 314 g/mol. The maximum Gasteiger partial charge on any atom is 0.260 e. The van der Waals surface area contributed by atoms with E-state index in [-0.39, 0.29) is 17.9 Å². The molecule has 5 heteroatoms. The Hall–Kier alpha value is -2.69. The molecule has 25 heavy (non-hydrogen) atoms. The summed E-state index contributed by atoms with van der Waals surface area (Å²) < 4.78 is 0. The zero-order chi connectivity index (χ0) is 18.0. The second-order valence-electron chi connectivity index (χ2n) is 6.30. The van der Waals surface area contributed by atoms with Crippen LogP contribution in [0.3, 0.4) is 0 Å². The van der Waals surface area contributed by atoms with Gasteiger partial charge in [0.1, 0.15) is 0 Å². The van der Waals surface area contributed by atoms with Crippen LogP contribution in [0.15, 0.2) is 42.7 Å². The van der Waals surface area contributed by atoms with Crippen LogP contribution in [0.2, 0.25) is 0 Å². The molecule has 0 N–H and O–H groups in total. The molecule has 2 amide bonds. The summed E-state index contributed by atoms with van der Waals surface area (Å²) in [6.45, 7) is 7.17. The average molecular weight is 337 g/mol. The van der Waals surface area contributed by atoms with E-state index in [1.165, 1.54) is 18.0 Å². The van der Waals surface area contributed by atoms with Crippen molar-refractivity contribution in [2.45, 2.75) is 33.2 Å². The molecule has 0 saturated carbocycles. The first kappa shape index (κ1) is 17.1. The van der Waals surface area contributed by atoms with Gasteiger partial charge in [-0.3, -0.25) is 14.6 Å². The minimum atomic E-state index is -0.112. The van der Waals surface area contributed by atoms with Crippen molar-refractivity contribution in [1.82, 2.24) is 9.88 Å². The van der Waals surface area contributed by atoms with Crippen LogP contribution in [0.1, 0.15) is 47.1 Å². The highest BCUT2D eigenvalue weighted by Crippen LogP contribution is 2.33. The number of aromatic nitrogens is 1. The molecule has 1 aromatic carbocycles. The Balaban J connectivity index is 1.91. The quantitative estimate of drug-likeness (QED) is 0.861. The van der Waals surface area contributed by atoms with Crippen molar-refractivity contribution in [3.63, 3.8) is 0 Å². The van der Waals surface area contributed by atoms with E-state index < -0.39 is 0 Å². The first-order chi connectivity index (χ1) is 12.1. The van der Waals surface area contributed by atoms with E-state index in [2.05, 4.69) is 11.1 Å². The summed E-state index contributed by atoms with van der Waals surface area (Å²) in [5, 5.41) is 0. The highest BCUT2D eigenvalue weighted by Gasteiger charge is 2.31. The van der Waals surface area contributed by atoms with Crippen LogP contribution < -0.4 is 4.90 Å². The fourth-order valence-electron chi connectivity index (χ4n) is 3.38. The van der Waals surface area contributed by atoms with Gasteiger partial charge in [0.05, 0.1) is 11.1 Å². The summed E-state index contributed by atoms with van der Waals surface area (Å²) in [7, 11) is 0. The highest BCUT2D eigenvalue weighted by atomic mass is 16.2. The van der Waals surface area contributed by atoms with Crippen molar-refractivity contribution in [2.75, 3.05) is 18.0 Å². The van der Waals surface area contributed by atoms with Gasteiger partial charge in [0, 0.05) is 37.2 Å². The lowest BCUT2D eigenvalue weighted by Crippen LogP contribution is -2.36. The summed E-state index contributed by atoms with van der Waals surface area (Å²) in [6, 6.07) is 9.70. The Morgan fingerprint density at radius 3 is 2.56 bits per heavy atom. The van der Waals surface area contributed by atoms with Gasteiger partial charge in [-0.15, -0.1) is 0 Å². The summed E-state index contributed by atoms with van der Waals surface area (Å²) in [5.41, 5.74) is 3.02. The molecule has 1 atom stereocenters. The van der Waals surface area contributed by atoms with Gasteiger partial charge in [-0.05, 0) is 44.9 Å². The van der Waals surface area contributed by atoms with E-state index in [4.69, 9.17) is 0 Å². The lowest BCUT2D eigenvalue weighted by Gasteiger charge is -2.23. The number of carbonyl (C=O) groups is 2. The number of para-hydroxylation sites is 1. The monoisotopic (exact) mass is 337 g/mol. The number of benzene rings is 1. The standard InChI is InChI=1S/C20H23N3O2/c1-4-22(5-2)19(24)16-11-17(13-21-12-16)20(25)23-14(3)10-15-8-6-7-9-18(15)23/h6-9,11-14H,4-5,10H2,1-3H3. The molecule has 2 heterocycles. The Bertz CT molecular complexity index is 799. The third-order valence-corrected chi connectivity index (χ3v) is 4.71. The predicted octanol–water partition coefficient (Wildman–Crippen LogP) is 3.16. The Morgan fingerprint density at radius 1 is 1.16 bits per heavy atom. The summed E-state index contributed by atoms with van der Waals surface area (Å²) in [5.74, 6) is -0.207. The molecule has 2 aromatic rings. The summed E-state index contributed by atoms with van der Waals surface area (Å²) in [6.07, 6.45) is 3.90. The number of pyridine rings is 1. The van der Waals surface area contributed by atoms with E-state index in [1.807, 2.05) is 39.0 Å². The molecule has 1 aliphatic heterocycles. The molecular formula is C20H23N3O2. The number of hydrogen-bond acceptors (Lipinski definition) is 3. The number of rotatable bonds is 4. The highest BCUT2D eigenvalue weighted by molar-refractivity contribution is 6.08. The van der Waals surface area contributed by atoms with Gasteiger partial charge in [-0.1, -0.05) is 18.2 Å². The van der Waals surface area contributed by atoms with E-state index >= 15 is 0 Å². The molecule has 0 radical (unpaired) electrons. The number of nitrogens with zero attached hydrogens (tertiary/aromatic N) is 3. The van der Waals surface area contributed by atoms with Crippen LogP contribution >= 0.6 is 0 Å². The van der Waals surface area contributed by atoms with Gasteiger partial charge < -0.3 is 9.80 Å². The topological polar surface area (TPSA) is 53.5 Å². The maximum atomic E-state index is 13.1. The maximum absolute atomic E-state index is 13.1. The molecule has 3 rings (SSSR count). The van der Waals surface area contributed by atoms with Crippen molar-refractivity contribution in [1.29, 1.82) is 0 Å². The Labute approximate surface area is 148 Å². The van der Waals surface area contributed by atoms with Gasteiger partial charge in [0.15, 0.2) is 0 Å². The molecule has 130 valence electrons. The second-order valence-corrected chi connectivity index (χ2v) is 6.30. The molecule has 0 bridgehead atoms. The number of anilines is 1. The number of fused-ring (bicyclic) bond motifs is 1. The van der Waals surface area contributed by atoms with Gasteiger partial charge in [0.25, 0.3) is 11.8 Å². The molecule has 5 nitrogen and oxygen atoms in total. The lowest BCUT2D eigenvalue weighted by molar-refractivity contribution is 0.0772. The van der Waals surface area contributed by atoms with E-state index in [0.29, 0.717) is 24.2 Å². The van der Waals surface area contributed by atoms with Crippen molar-refractivity contribution in [3.8, 4) is 0 Å². The van der Waals surface area contributed by atoms with E-state index in [1.54, 1.807) is 15.9 Å². The lowest BCUT2D eigenvalue weighted by atomic mass is 10.1. The third kappa shape index (κ3) is 3.14. The molecule has 0 spiro atoms. The molecule has 0 saturated heterocycles. The van der Waals surface area contributed by atoms with Gasteiger partial charge in [-0.25, -0.2) is 0 Å². The molecule has 0 fully saturated rings. The van der Waals surface area contributed by atoms with Crippen LogP contribution in [0, 0.1) is 0 Å². The average Bonchev–Trinajstić information content (AvgIpc) is 2.97. The smallest absolute Gasteiger partial charge is 0.260 e. The fourth-order valence-corrected chi connectivity index (χ4v) is 3.38. The number of hydrogen-bond donors (Lipinski definition) is 0. The zero-order valence-corrected chi connectivity index (χ0v) is 14.9. The molecule has 0 aliphatic carbocycles. The number of amides is 2. The van der Waals surface area contributed by atoms with E-state index in [9.17, 15) is 9.59 Å². The van der Waals surface area contributed by atoms with Crippen LogP contribution in [0.5, 0.6) is 0 Å². The van der Waals surface area contributed by atoms with Gasteiger partial charge in [0.2, 0.25) is 0 Å². The molecule has 1 unspecified atom stereocenters. The largest absolute Gasteiger partial charge is 0.339 e. The van der Waals surface area contributed by atoms with E-state index in [0.717, 1.165) is 12.1 Å².